The number of aromatic nitrogens is 1. The minimum atomic E-state index is -0.702. The number of Topliss-reactive ketones (excluding diaryl/α,β-unsaturated/α-hetero) is 2. The fourth-order valence-corrected chi connectivity index (χ4v) is 3.58. The van der Waals surface area contributed by atoms with Gasteiger partial charge in [-0.3, -0.25) is 9.59 Å². The van der Waals surface area contributed by atoms with Crippen LogP contribution in [0.3, 0.4) is 0 Å². The molecule has 2 aromatic rings. The maximum Gasteiger partial charge on any atom is 0.216 e. The predicted octanol–water partition coefficient (Wildman–Crippen LogP) is 3.24. The monoisotopic (exact) mass is 293 g/mol. The standard InChI is InChI=1S/C18H15NO3/c20-11-13-16(21)15-8-7-14(12-5-2-1-3-6-12)19(15)18(17(13)22)9-4-10-18/h1-3,5-8,11,20H,4,9-10H2. The van der Waals surface area contributed by atoms with Gasteiger partial charge in [0.15, 0.2) is 5.78 Å². The third-order valence-electron chi connectivity index (χ3n) is 4.83. The second-order valence-electron chi connectivity index (χ2n) is 5.89. The fourth-order valence-electron chi connectivity index (χ4n) is 3.58. The van der Waals surface area contributed by atoms with E-state index in [2.05, 4.69) is 0 Å². The Balaban J connectivity index is 2.00. The van der Waals surface area contributed by atoms with Crippen molar-refractivity contribution in [2.75, 3.05) is 0 Å². The Bertz CT molecular complexity index is 810. The minimum Gasteiger partial charge on any atom is -0.515 e. The zero-order chi connectivity index (χ0) is 15.3. The number of hydrogen-bond donors (Lipinski definition) is 1. The largest absolute Gasteiger partial charge is 0.515 e. The molecule has 0 saturated heterocycles. The Morgan fingerprint density at radius 1 is 1.00 bits per heavy atom. The van der Waals surface area contributed by atoms with Crippen LogP contribution in [0.15, 0.2) is 54.3 Å². The van der Waals surface area contributed by atoms with Crippen molar-refractivity contribution in [1.82, 2.24) is 4.57 Å². The molecule has 0 atom stereocenters. The number of fused-ring (bicyclic) bond motifs is 2. The first kappa shape index (κ1) is 13.1. The Kier molecular flexibility index (Phi) is 2.64. The Hall–Kier alpha value is -2.62. The van der Waals surface area contributed by atoms with E-state index in [1.54, 1.807) is 6.07 Å². The van der Waals surface area contributed by atoms with Crippen molar-refractivity contribution in [3.63, 3.8) is 0 Å². The van der Waals surface area contributed by atoms with E-state index in [1.165, 1.54) is 0 Å². The van der Waals surface area contributed by atoms with E-state index in [-0.39, 0.29) is 11.4 Å². The lowest BCUT2D eigenvalue weighted by atomic mass is 9.68. The summed E-state index contributed by atoms with van der Waals surface area (Å²) >= 11 is 0. The molecule has 110 valence electrons. The zero-order valence-corrected chi connectivity index (χ0v) is 12.0. The van der Waals surface area contributed by atoms with Crippen LogP contribution in [-0.2, 0) is 10.3 Å². The van der Waals surface area contributed by atoms with Crippen LogP contribution in [0.4, 0.5) is 0 Å². The van der Waals surface area contributed by atoms with Crippen LogP contribution in [-0.4, -0.2) is 21.2 Å². The van der Waals surface area contributed by atoms with Gasteiger partial charge in [-0.15, -0.1) is 0 Å². The van der Waals surface area contributed by atoms with E-state index in [9.17, 15) is 14.7 Å². The predicted molar refractivity (Wildman–Crippen MR) is 81.7 cm³/mol. The molecule has 1 N–H and O–H groups in total. The van der Waals surface area contributed by atoms with E-state index in [1.807, 2.05) is 41.0 Å². The van der Waals surface area contributed by atoms with Gasteiger partial charge in [0.05, 0.1) is 12.0 Å². The van der Waals surface area contributed by atoms with Crippen molar-refractivity contribution >= 4 is 11.6 Å². The summed E-state index contributed by atoms with van der Waals surface area (Å²) in [5.74, 6) is -0.653. The normalized spacial score (nSPS) is 21.0. The van der Waals surface area contributed by atoms with E-state index in [0.717, 1.165) is 17.7 Å². The second kappa shape index (κ2) is 4.44. The Morgan fingerprint density at radius 3 is 2.27 bits per heavy atom. The first-order valence-electron chi connectivity index (χ1n) is 7.40. The molecule has 0 amide bonds. The molecule has 4 nitrogen and oxygen atoms in total. The number of carbonyl (C=O) groups is 2. The van der Waals surface area contributed by atoms with Crippen molar-refractivity contribution in [2.45, 2.75) is 24.8 Å². The number of carbonyl (C=O) groups excluding carboxylic acids is 2. The molecular formula is C18H15NO3. The Labute approximate surface area is 127 Å². The first-order chi connectivity index (χ1) is 10.7. The molecule has 4 rings (SSSR count). The van der Waals surface area contributed by atoms with Crippen LogP contribution in [0.2, 0.25) is 0 Å². The number of aliphatic hydroxyl groups excluding tert-OH is 1. The molecule has 0 unspecified atom stereocenters. The maximum absolute atomic E-state index is 12.7. The highest BCUT2D eigenvalue weighted by Gasteiger charge is 2.53. The van der Waals surface area contributed by atoms with Gasteiger partial charge < -0.3 is 9.67 Å². The maximum atomic E-state index is 12.7. The van der Waals surface area contributed by atoms with Gasteiger partial charge in [-0.25, -0.2) is 0 Å². The molecule has 1 saturated carbocycles. The highest BCUT2D eigenvalue weighted by Crippen LogP contribution is 2.48. The smallest absolute Gasteiger partial charge is 0.216 e. The molecule has 0 radical (unpaired) electrons. The summed E-state index contributed by atoms with van der Waals surface area (Å²) in [5.41, 5.74) is 1.56. The van der Waals surface area contributed by atoms with Gasteiger partial charge in [0, 0.05) is 5.69 Å². The summed E-state index contributed by atoms with van der Waals surface area (Å²) in [6.07, 6.45) is 3.03. The molecule has 2 heterocycles. The van der Waals surface area contributed by atoms with Crippen LogP contribution < -0.4 is 0 Å². The average Bonchev–Trinajstić information content (AvgIpc) is 2.93. The van der Waals surface area contributed by atoms with E-state index in [4.69, 9.17) is 0 Å². The molecule has 1 aliphatic heterocycles. The first-order valence-corrected chi connectivity index (χ1v) is 7.40. The molecule has 1 aromatic heterocycles. The number of ketones is 2. The van der Waals surface area contributed by atoms with Gasteiger partial charge in [-0.1, -0.05) is 30.3 Å². The van der Waals surface area contributed by atoms with Crippen molar-refractivity contribution in [3.05, 3.63) is 60.0 Å². The lowest BCUT2D eigenvalue weighted by Crippen LogP contribution is -2.53. The highest BCUT2D eigenvalue weighted by molar-refractivity contribution is 6.30. The summed E-state index contributed by atoms with van der Waals surface area (Å²) < 4.78 is 1.89. The summed E-state index contributed by atoms with van der Waals surface area (Å²) in [6, 6.07) is 13.4. The molecule has 22 heavy (non-hydrogen) atoms. The number of allylic oxidation sites excluding steroid dienone is 1. The third kappa shape index (κ3) is 1.47. The van der Waals surface area contributed by atoms with Crippen LogP contribution in [0.25, 0.3) is 11.3 Å². The van der Waals surface area contributed by atoms with E-state index < -0.39 is 11.3 Å². The number of hydrogen-bond acceptors (Lipinski definition) is 3. The summed E-state index contributed by atoms with van der Waals surface area (Å²) in [4.78, 5) is 25.2. The van der Waals surface area contributed by atoms with Gasteiger partial charge in [-0.2, -0.15) is 0 Å². The molecule has 1 aliphatic carbocycles. The molecule has 0 bridgehead atoms. The summed E-state index contributed by atoms with van der Waals surface area (Å²) in [6.45, 7) is 0. The van der Waals surface area contributed by atoms with Crippen LogP contribution in [0, 0.1) is 0 Å². The average molecular weight is 293 g/mol. The second-order valence-corrected chi connectivity index (χ2v) is 5.89. The minimum absolute atomic E-state index is 0.0927. The van der Waals surface area contributed by atoms with E-state index >= 15 is 0 Å². The van der Waals surface area contributed by atoms with Crippen molar-refractivity contribution in [2.24, 2.45) is 0 Å². The lowest BCUT2D eigenvalue weighted by molar-refractivity contribution is -0.128. The lowest BCUT2D eigenvalue weighted by Gasteiger charge is -2.46. The van der Waals surface area contributed by atoms with Gasteiger partial charge in [-0.05, 0) is 37.0 Å². The van der Waals surface area contributed by atoms with Gasteiger partial charge in [0.1, 0.15) is 11.1 Å². The van der Waals surface area contributed by atoms with Crippen LogP contribution >= 0.6 is 0 Å². The summed E-state index contributed by atoms with van der Waals surface area (Å²) in [5, 5.41) is 9.32. The molecule has 1 spiro atoms. The van der Waals surface area contributed by atoms with Crippen molar-refractivity contribution < 1.29 is 14.7 Å². The zero-order valence-electron chi connectivity index (χ0n) is 12.0. The SMILES string of the molecule is O=C1C(=CO)C(=O)C2(CCC2)n2c1ccc2-c1ccccc1. The fraction of sp³-hybridized carbons (Fsp3) is 0.222. The van der Waals surface area contributed by atoms with E-state index in [0.29, 0.717) is 24.8 Å². The molecule has 2 aliphatic rings. The third-order valence-corrected chi connectivity index (χ3v) is 4.83. The molecule has 1 fully saturated rings. The molecule has 1 aromatic carbocycles. The number of benzene rings is 1. The highest BCUT2D eigenvalue weighted by atomic mass is 16.2. The van der Waals surface area contributed by atoms with Crippen molar-refractivity contribution in [1.29, 1.82) is 0 Å². The number of rotatable bonds is 1. The topological polar surface area (TPSA) is 59.3 Å². The summed E-state index contributed by atoms with van der Waals surface area (Å²) in [7, 11) is 0. The van der Waals surface area contributed by atoms with Crippen molar-refractivity contribution in [3.8, 4) is 11.3 Å². The van der Waals surface area contributed by atoms with Crippen LogP contribution in [0.5, 0.6) is 0 Å². The molecular weight excluding hydrogens is 278 g/mol. The van der Waals surface area contributed by atoms with Gasteiger partial charge >= 0.3 is 0 Å². The van der Waals surface area contributed by atoms with Crippen LogP contribution in [0.1, 0.15) is 29.8 Å². The Morgan fingerprint density at radius 2 is 1.68 bits per heavy atom. The molecule has 4 heteroatoms. The quantitative estimate of drug-likeness (QED) is 0.499. The van der Waals surface area contributed by atoms with Gasteiger partial charge in [0.2, 0.25) is 5.78 Å². The number of nitrogens with zero attached hydrogens (tertiary/aromatic N) is 1. The van der Waals surface area contributed by atoms with Gasteiger partial charge in [0.25, 0.3) is 0 Å². The number of aliphatic hydroxyl groups is 1.